The van der Waals surface area contributed by atoms with Gasteiger partial charge in [0.25, 0.3) is 15.7 Å². The molecule has 2 rings (SSSR count). The standard InChI is InChI=1S/C11H12N2O7S/c14-11(15)9-7-20-6-5-12(9)21(18,19)10-4-2-1-3-8(10)13(16)17/h1-4,9H,5-7H2,(H,14,15). The average Bonchev–Trinajstić information content (AvgIpc) is 2.47. The molecule has 21 heavy (non-hydrogen) atoms. The molecular formula is C11H12N2O7S. The zero-order valence-corrected chi connectivity index (χ0v) is 11.5. The third-order valence-electron chi connectivity index (χ3n) is 3.01. The number of sulfonamides is 1. The van der Waals surface area contributed by atoms with E-state index in [1.807, 2.05) is 0 Å². The Labute approximate surface area is 119 Å². The molecule has 0 radical (unpaired) electrons. The quantitative estimate of drug-likeness (QED) is 0.615. The van der Waals surface area contributed by atoms with Gasteiger partial charge in [0.05, 0.1) is 18.1 Å². The SMILES string of the molecule is O=C(O)C1COCCN1S(=O)(=O)c1ccccc1[N+](=O)[O-]. The van der Waals surface area contributed by atoms with Crippen molar-refractivity contribution in [2.24, 2.45) is 0 Å². The van der Waals surface area contributed by atoms with E-state index in [-0.39, 0.29) is 19.8 Å². The average molecular weight is 316 g/mol. The molecule has 1 saturated heterocycles. The van der Waals surface area contributed by atoms with Crippen molar-refractivity contribution in [3.63, 3.8) is 0 Å². The lowest BCUT2D eigenvalue weighted by Crippen LogP contribution is -2.52. The normalized spacial score (nSPS) is 20.1. The summed E-state index contributed by atoms with van der Waals surface area (Å²) in [6.45, 7) is -0.440. The molecular weight excluding hydrogens is 304 g/mol. The summed E-state index contributed by atoms with van der Waals surface area (Å²) in [5.74, 6) is -1.36. The van der Waals surface area contributed by atoms with Crippen LogP contribution in [0.2, 0.25) is 0 Å². The van der Waals surface area contributed by atoms with E-state index in [0.29, 0.717) is 0 Å². The minimum atomic E-state index is -4.30. The number of ether oxygens (including phenoxy) is 1. The molecule has 1 aromatic rings. The van der Waals surface area contributed by atoms with Gasteiger partial charge in [-0.3, -0.25) is 14.9 Å². The lowest BCUT2D eigenvalue weighted by molar-refractivity contribution is -0.387. The first kappa shape index (κ1) is 15.4. The van der Waals surface area contributed by atoms with Gasteiger partial charge >= 0.3 is 5.97 Å². The van der Waals surface area contributed by atoms with Gasteiger partial charge in [0.1, 0.15) is 6.04 Å². The van der Waals surface area contributed by atoms with Crippen LogP contribution in [0.4, 0.5) is 5.69 Å². The number of hydrogen-bond acceptors (Lipinski definition) is 6. The first-order valence-corrected chi connectivity index (χ1v) is 7.35. The number of aliphatic carboxylic acids is 1. The minimum Gasteiger partial charge on any atom is -0.480 e. The van der Waals surface area contributed by atoms with E-state index in [1.165, 1.54) is 12.1 Å². The van der Waals surface area contributed by atoms with E-state index in [1.54, 1.807) is 0 Å². The fourth-order valence-electron chi connectivity index (χ4n) is 2.02. The maximum atomic E-state index is 12.5. The molecule has 1 N–H and O–H groups in total. The summed E-state index contributed by atoms with van der Waals surface area (Å²) < 4.78 is 30.7. The van der Waals surface area contributed by atoms with E-state index in [0.717, 1.165) is 16.4 Å². The third kappa shape index (κ3) is 2.86. The number of nitro benzene ring substituents is 1. The number of carboxylic acid groups (broad SMARTS) is 1. The molecule has 0 bridgehead atoms. The molecule has 0 amide bonds. The summed E-state index contributed by atoms with van der Waals surface area (Å²) in [7, 11) is -4.30. The van der Waals surface area contributed by atoms with E-state index in [9.17, 15) is 23.3 Å². The second-order valence-electron chi connectivity index (χ2n) is 4.27. The number of nitro groups is 1. The van der Waals surface area contributed by atoms with E-state index < -0.39 is 37.5 Å². The van der Waals surface area contributed by atoms with Crippen molar-refractivity contribution in [3.8, 4) is 0 Å². The molecule has 0 saturated carbocycles. The first-order chi connectivity index (χ1) is 9.85. The molecule has 114 valence electrons. The van der Waals surface area contributed by atoms with E-state index in [4.69, 9.17) is 9.84 Å². The number of rotatable bonds is 4. The lowest BCUT2D eigenvalue weighted by atomic mass is 10.3. The number of benzene rings is 1. The number of nitrogens with zero attached hydrogens (tertiary/aromatic N) is 2. The summed E-state index contributed by atoms with van der Waals surface area (Å²) in [5.41, 5.74) is -0.590. The Balaban J connectivity index is 2.51. The van der Waals surface area contributed by atoms with Crippen LogP contribution < -0.4 is 0 Å². The van der Waals surface area contributed by atoms with Gasteiger partial charge in [-0.15, -0.1) is 0 Å². The van der Waals surface area contributed by atoms with Gasteiger partial charge in [-0.25, -0.2) is 8.42 Å². The van der Waals surface area contributed by atoms with Crippen LogP contribution in [0, 0.1) is 10.1 Å². The largest absolute Gasteiger partial charge is 0.480 e. The number of carbonyl (C=O) groups is 1. The molecule has 1 unspecified atom stereocenters. The van der Waals surface area contributed by atoms with Crippen LogP contribution in [0.1, 0.15) is 0 Å². The van der Waals surface area contributed by atoms with Crippen molar-refractivity contribution in [1.82, 2.24) is 4.31 Å². The highest BCUT2D eigenvalue weighted by molar-refractivity contribution is 7.89. The van der Waals surface area contributed by atoms with Crippen molar-refractivity contribution in [3.05, 3.63) is 34.4 Å². The van der Waals surface area contributed by atoms with Crippen LogP contribution in [-0.2, 0) is 19.6 Å². The summed E-state index contributed by atoms with van der Waals surface area (Å²) in [4.78, 5) is 20.7. The highest BCUT2D eigenvalue weighted by atomic mass is 32.2. The second kappa shape index (κ2) is 5.76. The molecule has 1 fully saturated rings. The summed E-state index contributed by atoms with van der Waals surface area (Å²) >= 11 is 0. The second-order valence-corrected chi connectivity index (χ2v) is 6.13. The van der Waals surface area contributed by atoms with Gasteiger partial charge in [0, 0.05) is 12.6 Å². The number of para-hydroxylation sites is 1. The monoisotopic (exact) mass is 316 g/mol. The predicted octanol–water partition coefficient (Wildman–Crippen LogP) is 0.0689. The molecule has 9 nitrogen and oxygen atoms in total. The van der Waals surface area contributed by atoms with Gasteiger partial charge in [0.2, 0.25) is 0 Å². The minimum absolute atomic E-state index is 0.0314. The first-order valence-electron chi connectivity index (χ1n) is 5.91. The summed E-state index contributed by atoms with van der Waals surface area (Å²) in [6.07, 6.45) is 0. The van der Waals surface area contributed by atoms with Crippen molar-refractivity contribution >= 4 is 21.7 Å². The van der Waals surface area contributed by atoms with E-state index >= 15 is 0 Å². The molecule has 1 heterocycles. The van der Waals surface area contributed by atoms with Crippen LogP contribution in [-0.4, -0.2) is 54.5 Å². The van der Waals surface area contributed by atoms with Crippen molar-refractivity contribution in [2.75, 3.05) is 19.8 Å². The molecule has 0 aromatic heterocycles. The highest BCUT2D eigenvalue weighted by Crippen LogP contribution is 2.28. The van der Waals surface area contributed by atoms with Crippen LogP contribution in [0.3, 0.4) is 0 Å². The maximum absolute atomic E-state index is 12.5. The van der Waals surface area contributed by atoms with Crippen LogP contribution >= 0.6 is 0 Å². The molecule has 1 aliphatic rings. The Kier molecular flexibility index (Phi) is 4.21. The fourth-order valence-corrected chi connectivity index (χ4v) is 3.73. The van der Waals surface area contributed by atoms with Gasteiger partial charge in [-0.1, -0.05) is 12.1 Å². The Morgan fingerprint density at radius 3 is 2.71 bits per heavy atom. The third-order valence-corrected chi connectivity index (χ3v) is 4.97. The topological polar surface area (TPSA) is 127 Å². The van der Waals surface area contributed by atoms with Crippen LogP contribution in [0.5, 0.6) is 0 Å². The van der Waals surface area contributed by atoms with Crippen LogP contribution in [0.15, 0.2) is 29.2 Å². The van der Waals surface area contributed by atoms with E-state index in [2.05, 4.69) is 0 Å². The molecule has 0 aliphatic carbocycles. The van der Waals surface area contributed by atoms with Gasteiger partial charge in [-0.05, 0) is 6.07 Å². The fraction of sp³-hybridized carbons (Fsp3) is 0.364. The van der Waals surface area contributed by atoms with Crippen LogP contribution in [0.25, 0.3) is 0 Å². The zero-order valence-electron chi connectivity index (χ0n) is 10.7. The molecule has 0 spiro atoms. The number of carboxylic acids is 1. The van der Waals surface area contributed by atoms with Gasteiger partial charge < -0.3 is 9.84 Å². The predicted molar refractivity (Wildman–Crippen MR) is 69.2 cm³/mol. The Hall–Kier alpha value is -2.04. The van der Waals surface area contributed by atoms with Crippen molar-refractivity contribution in [1.29, 1.82) is 0 Å². The molecule has 1 aromatic carbocycles. The van der Waals surface area contributed by atoms with Crippen molar-refractivity contribution in [2.45, 2.75) is 10.9 Å². The molecule has 1 atom stereocenters. The van der Waals surface area contributed by atoms with Gasteiger partial charge in [-0.2, -0.15) is 4.31 Å². The number of hydrogen-bond donors (Lipinski definition) is 1. The van der Waals surface area contributed by atoms with Gasteiger partial charge in [0.15, 0.2) is 4.90 Å². The number of morpholine rings is 1. The highest BCUT2D eigenvalue weighted by Gasteiger charge is 2.40. The Morgan fingerprint density at radius 1 is 1.43 bits per heavy atom. The smallest absolute Gasteiger partial charge is 0.324 e. The Bertz CT molecular complexity index is 673. The maximum Gasteiger partial charge on any atom is 0.324 e. The summed E-state index contributed by atoms with van der Waals surface area (Å²) in [5, 5.41) is 20.0. The van der Waals surface area contributed by atoms with Crippen molar-refractivity contribution < 1.29 is 28.0 Å². The molecule has 1 aliphatic heterocycles. The lowest BCUT2D eigenvalue weighted by Gasteiger charge is -2.31. The Morgan fingerprint density at radius 2 is 2.10 bits per heavy atom. The zero-order chi connectivity index (χ0) is 15.6. The molecule has 10 heteroatoms. The summed E-state index contributed by atoms with van der Waals surface area (Å²) in [6, 6.07) is 3.43.